The third-order valence-corrected chi connectivity index (χ3v) is 7.07. The van der Waals surface area contributed by atoms with Crippen LogP contribution in [0.5, 0.6) is 11.5 Å². The Morgan fingerprint density at radius 3 is 2.58 bits per heavy atom. The number of carbonyl (C=O) groups is 2. The molecule has 2 aromatic rings. The van der Waals surface area contributed by atoms with Crippen molar-refractivity contribution in [2.45, 2.75) is 38.7 Å². The molecule has 0 atom stereocenters. The lowest BCUT2D eigenvalue weighted by atomic mass is 9.89. The van der Waals surface area contributed by atoms with Gasteiger partial charge in [-0.3, -0.25) is 14.5 Å². The maximum absolute atomic E-state index is 13.1. The topological polar surface area (TPSA) is 55.8 Å². The Morgan fingerprint density at radius 2 is 1.88 bits per heavy atom. The summed E-state index contributed by atoms with van der Waals surface area (Å²) in [6, 6.07) is 9.37. The van der Waals surface area contributed by atoms with Gasteiger partial charge in [0.1, 0.15) is 12.4 Å². The van der Waals surface area contributed by atoms with Crippen LogP contribution < -0.4 is 9.47 Å². The highest BCUT2D eigenvalue weighted by molar-refractivity contribution is 8.18. The SMILES string of the molecule is COc1cc(/C=C2/SC(=O)N(CC3CCCCC3)C2=O)cc(Cl)c1OCc1ccc(F)cc1. The van der Waals surface area contributed by atoms with Gasteiger partial charge in [0.25, 0.3) is 11.1 Å². The summed E-state index contributed by atoms with van der Waals surface area (Å²) < 4.78 is 24.4. The zero-order chi connectivity index (χ0) is 23.4. The number of amides is 2. The van der Waals surface area contributed by atoms with Crippen LogP contribution in [-0.4, -0.2) is 29.7 Å². The average Bonchev–Trinajstić information content (AvgIpc) is 3.07. The van der Waals surface area contributed by atoms with Crippen molar-refractivity contribution < 1.29 is 23.5 Å². The van der Waals surface area contributed by atoms with Gasteiger partial charge >= 0.3 is 0 Å². The van der Waals surface area contributed by atoms with E-state index in [0.717, 1.165) is 43.0 Å². The van der Waals surface area contributed by atoms with Gasteiger partial charge in [-0.15, -0.1) is 0 Å². The van der Waals surface area contributed by atoms with E-state index < -0.39 is 0 Å². The molecule has 33 heavy (non-hydrogen) atoms. The molecule has 1 aliphatic heterocycles. The van der Waals surface area contributed by atoms with E-state index in [-0.39, 0.29) is 23.6 Å². The van der Waals surface area contributed by atoms with Crippen LogP contribution in [0.4, 0.5) is 9.18 Å². The molecule has 174 valence electrons. The van der Waals surface area contributed by atoms with Crippen LogP contribution in [-0.2, 0) is 11.4 Å². The smallest absolute Gasteiger partial charge is 0.293 e. The van der Waals surface area contributed by atoms with Crippen LogP contribution in [0.15, 0.2) is 41.3 Å². The zero-order valence-electron chi connectivity index (χ0n) is 18.3. The first-order chi connectivity index (χ1) is 15.9. The molecule has 2 amide bonds. The summed E-state index contributed by atoms with van der Waals surface area (Å²) in [6.45, 7) is 0.679. The Balaban J connectivity index is 1.49. The number of thioether (sulfide) groups is 1. The third-order valence-electron chi connectivity index (χ3n) is 5.89. The Hall–Kier alpha value is -2.51. The number of ether oxygens (including phenoxy) is 2. The number of nitrogens with zero attached hydrogens (tertiary/aromatic N) is 1. The second-order valence-electron chi connectivity index (χ2n) is 8.25. The molecular weight excluding hydrogens is 465 g/mol. The predicted octanol–water partition coefficient (Wildman–Crippen LogP) is 6.68. The predicted molar refractivity (Wildman–Crippen MR) is 128 cm³/mol. The number of hydrogen-bond donors (Lipinski definition) is 0. The fraction of sp³-hybridized carbons (Fsp3) is 0.360. The summed E-state index contributed by atoms with van der Waals surface area (Å²) in [5, 5.41) is 0.0817. The van der Waals surface area contributed by atoms with E-state index >= 15 is 0 Å². The van der Waals surface area contributed by atoms with Crippen molar-refractivity contribution >= 4 is 40.6 Å². The van der Waals surface area contributed by atoms with Crippen molar-refractivity contribution in [1.82, 2.24) is 4.90 Å². The second kappa shape index (κ2) is 10.6. The Kier molecular flexibility index (Phi) is 7.60. The monoisotopic (exact) mass is 489 g/mol. The van der Waals surface area contributed by atoms with Crippen LogP contribution >= 0.6 is 23.4 Å². The van der Waals surface area contributed by atoms with Gasteiger partial charge in [-0.05, 0) is 72.0 Å². The van der Waals surface area contributed by atoms with E-state index in [2.05, 4.69) is 0 Å². The second-order valence-corrected chi connectivity index (χ2v) is 9.65. The molecule has 0 unspecified atom stereocenters. The minimum absolute atomic E-state index is 0.190. The van der Waals surface area contributed by atoms with Gasteiger partial charge in [-0.25, -0.2) is 4.39 Å². The van der Waals surface area contributed by atoms with Gasteiger partial charge in [0.2, 0.25) is 0 Å². The normalized spacial score (nSPS) is 18.3. The lowest BCUT2D eigenvalue weighted by Gasteiger charge is -2.25. The molecule has 2 aliphatic rings. The third kappa shape index (κ3) is 5.71. The van der Waals surface area contributed by atoms with Crippen LogP contribution in [0.25, 0.3) is 6.08 Å². The molecule has 1 heterocycles. The number of methoxy groups -OCH3 is 1. The highest BCUT2D eigenvalue weighted by Gasteiger charge is 2.36. The van der Waals surface area contributed by atoms with Crippen molar-refractivity contribution in [2.24, 2.45) is 5.92 Å². The van der Waals surface area contributed by atoms with Crippen molar-refractivity contribution in [3.05, 3.63) is 63.3 Å². The number of hydrogen-bond acceptors (Lipinski definition) is 5. The summed E-state index contributed by atoms with van der Waals surface area (Å²) >= 11 is 7.40. The molecule has 1 aliphatic carbocycles. The van der Waals surface area contributed by atoms with Crippen LogP contribution in [0.3, 0.4) is 0 Å². The van der Waals surface area contributed by atoms with Gasteiger partial charge in [-0.1, -0.05) is 43.0 Å². The Labute approximate surface area is 201 Å². The summed E-state index contributed by atoms with van der Waals surface area (Å²) in [4.78, 5) is 27.1. The molecule has 1 saturated heterocycles. The fourth-order valence-corrected chi connectivity index (χ4v) is 5.26. The molecular formula is C25H25ClFNO4S. The van der Waals surface area contributed by atoms with Crippen LogP contribution in [0, 0.1) is 11.7 Å². The fourth-order valence-electron chi connectivity index (χ4n) is 4.14. The highest BCUT2D eigenvalue weighted by Crippen LogP contribution is 2.40. The van der Waals surface area contributed by atoms with Crippen molar-refractivity contribution in [1.29, 1.82) is 0 Å². The van der Waals surface area contributed by atoms with Gasteiger partial charge < -0.3 is 9.47 Å². The van der Waals surface area contributed by atoms with Crippen molar-refractivity contribution in [3.63, 3.8) is 0 Å². The first-order valence-corrected chi connectivity index (χ1v) is 12.1. The molecule has 0 radical (unpaired) electrons. The first-order valence-electron chi connectivity index (χ1n) is 10.9. The van der Waals surface area contributed by atoms with Crippen molar-refractivity contribution in [3.8, 4) is 11.5 Å². The molecule has 8 heteroatoms. The number of benzene rings is 2. The van der Waals surface area contributed by atoms with Crippen LogP contribution in [0.2, 0.25) is 5.02 Å². The summed E-state index contributed by atoms with van der Waals surface area (Å²) in [6.07, 6.45) is 7.32. The Morgan fingerprint density at radius 1 is 1.15 bits per heavy atom. The number of rotatable bonds is 7. The molecule has 0 bridgehead atoms. The minimum atomic E-state index is -0.318. The maximum Gasteiger partial charge on any atom is 0.293 e. The van der Waals surface area contributed by atoms with E-state index in [1.54, 1.807) is 30.3 Å². The van der Waals surface area contributed by atoms with E-state index in [9.17, 15) is 14.0 Å². The molecule has 5 nitrogen and oxygen atoms in total. The molecule has 0 N–H and O–H groups in total. The summed E-state index contributed by atoms with van der Waals surface area (Å²) in [5.74, 6) is 0.561. The van der Waals surface area contributed by atoms with E-state index in [1.165, 1.54) is 30.6 Å². The lowest BCUT2D eigenvalue weighted by molar-refractivity contribution is -0.123. The van der Waals surface area contributed by atoms with E-state index in [0.29, 0.717) is 39.5 Å². The van der Waals surface area contributed by atoms with Crippen LogP contribution in [0.1, 0.15) is 43.2 Å². The molecule has 0 spiro atoms. The standard InChI is InChI=1S/C25H25ClFNO4S/c1-31-21-12-18(11-20(26)23(21)32-15-17-7-9-19(27)10-8-17)13-22-24(29)28(25(30)33-22)14-16-5-3-2-4-6-16/h7-13,16H,2-6,14-15H2,1H3/b22-13+. The number of carbonyl (C=O) groups excluding carboxylic acids is 2. The molecule has 2 fully saturated rings. The Bertz CT molecular complexity index is 1070. The molecule has 2 aromatic carbocycles. The summed E-state index contributed by atoms with van der Waals surface area (Å²) in [7, 11) is 1.50. The van der Waals surface area contributed by atoms with E-state index in [1.807, 2.05) is 0 Å². The first kappa shape index (κ1) is 23.6. The zero-order valence-corrected chi connectivity index (χ0v) is 19.9. The molecule has 1 saturated carbocycles. The summed E-state index contributed by atoms with van der Waals surface area (Å²) in [5.41, 5.74) is 1.42. The quantitative estimate of drug-likeness (QED) is 0.406. The van der Waals surface area contributed by atoms with Gasteiger partial charge in [0, 0.05) is 6.54 Å². The number of halogens is 2. The highest BCUT2D eigenvalue weighted by atomic mass is 35.5. The average molecular weight is 490 g/mol. The molecule has 4 rings (SSSR count). The van der Waals surface area contributed by atoms with Gasteiger partial charge in [0.15, 0.2) is 11.5 Å². The molecule has 0 aromatic heterocycles. The number of imide groups is 1. The minimum Gasteiger partial charge on any atom is -0.493 e. The van der Waals surface area contributed by atoms with Crippen molar-refractivity contribution in [2.75, 3.05) is 13.7 Å². The lowest BCUT2D eigenvalue weighted by Crippen LogP contribution is -2.34. The van der Waals surface area contributed by atoms with Gasteiger partial charge in [-0.2, -0.15) is 0 Å². The maximum atomic E-state index is 13.1. The van der Waals surface area contributed by atoms with Gasteiger partial charge in [0.05, 0.1) is 17.0 Å². The van der Waals surface area contributed by atoms with E-state index in [4.69, 9.17) is 21.1 Å². The largest absolute Gasteiger partial charge is 0.493 e.